The third-order valence-corrected chi connectivity index (χ3v) is 4.28. The van der Waals surface area contributed by atoms with Crippen LogP contribution in [0.4, 0.5) is 16.4 Å². The number of piperazine rings is 1. The second-order valence-electron chi connectivity index (χ2n) is 4.52. The molecule has 0 aliphatic carbocycles. The molecule has 94 valence electrons. The number of thiophene rings is 1. The minimum absolute atomic E-state index is 0.830. The van der Waals surface area contributed by atoms with Crippen LogP contribution >= 0.6 is 11.3 Å². The van der Waals surface area contributed by atoms with E-state index >= 15 is 0 Å². The van der Waals surface area contributed by atoms with E-state index in [0.717, 1.165) is 31.9 Å². The van der Waals surface area contributed by atoms with Crippen LogP contribution in [0.3, 0.4) is 0 Å². The van der Waals surface area contributed by atoms with E-state index in [4.69, 9.17) is 5.73 Å². The van der Waals surface area contributed by atoms with Crippen LogP contribution in [0.5, 0.6) is 0 Å². The summed E-state index contributed by atoms with van der Waals surface area (Å²) in [4.78, 5) is 4.88. The highest BCUT2D eigenvalue weighted by molar-refractivity contribution is 7.14. The normalized spacial score (nSPS) is 16.0. The quantitative estimate of drug-likeness (QED) is 0.842. The number of nitrogens with zero attached hydrogens (tertiary/aromatic N) is 2. The zero-order chi connectivity index (χ0) is 12.4. The highest BCUT2D eigenvalue weighted by Crippen LogP contribution is 2.24. The molecule has 2 heterocycles. The highest BCUT2D eigenvalue weighted by atomic mass is 32.1. The van der Waals surface area contributed by atoms with Gasteiger partial charge in [0.05, 0.1) is 5.00 Å². The number of hydrogen-bond acceptors (Lipinski definition) is 4. The summed E-state index contributed by atoms with van der Waals surface area (Å²) < 4.78 is 0. The Kier molecular flexibility index (Phi) is 3.11. The van der Waals surface area contributed by atoms with Crippen LogP contribution in [-0.2, 0) is 0 Å². The molecule has 0 bridgehead atoms. The molecule has 1 aliphatic rings. The Morgan fingerprint density at radius 2 is 1.56 bits per heavy atom. The minimum Gasteiger partial charge on any atom is -0.399 e. The average Bonchev–Trinajstić information content (AvgIpc) is 2.94. The molecule has 3 rings (SSSR count). The average molecular weight is 259 g/mol. The number of benzene rings is 1. The summed E-state index contributed by atoms with van der Waals surface area (Å²) in [6.45, 7) is 4.32. The summed E-state index contributed by atoms with van der Waals surface area (Å²) in [5.74, 6) is 0. The maximum atomic E-state index is 5.72. The van der Waals surface area contributed by atoms with E-state index in [-0.39, 0.29) is 0 Å². The summed E-state index contributed by atoms with van der Waals surface area (Å²) in [7, 11) is 0. The van der Waals surface area contributed by atoms with Crippen LogP contribution in [0.25, 0.3) is 0 Å². The maximum Gasteiger partial charge on any atom is 0.0909 e. The van der Waals surface area contributed by atoms with Gasteiger partial charge in [0, 0.05) is 37.6 Å². The van der Waals surface area contributed by atoms with Crippen molar-refractivity contribution in [2.24, 2.45) is 0 Å². The van der Waals surface area contributed by atoms with E-state index < -0.39 is 0 Å². The molecule has 1 saturated heterocycles. The second kappa shape index (κ2) is 4.90. The summed E-state index contributed by atoms with van der Waals surface area (Å²) in [6, 6.07) is 12.5. The smallest absolute Gasteiger partial charge is 0.0909 e. The molecule has 4 heteroatoms. The third-order valence-electron chi connectivity index (χ3n) is 3.36. The molecule has 18 heavy (non-hydrogen) atoms. The molecule has 0 radical (unpaired) electrons. The Bertz CT molecular complexity index is 484. The van der Waals surface area contributed by atoms with E-state index in [1.54, 1.807) is 0 Å². The van der Waals surface area contributed by atoms with E-state index in [0.29, 0.717) is 0 Å². The first-order chi connectivity index (χ1) is 8.83. The van der Waals surface area contributed by atoms with Gasteiger partial charge in [-0.3, -0.25) is 0 Å². The van der Waals surface area contributed by atoms with Crippen LogP contribution in [-0.4, -0.2) is 26.2 Å². The predicted molar refractivity (Wildman–Crippen MR) is 79.6 cm³/mol. The molecule has 2 N–H and O–H groups in total. The molecule has 0 spiro atoms. The SMILES string of the molecule is Nc1ccc(N2CCN(c3cccs3)CC2)cc1. The van der Waals surface area contributed by atoms with E-state index in [1.165, 1.54) is 10.7 Å². The van der Waals surface area contributed by atoms with Crippen LogP contribution in [0, 0.1) is 0 Å². The molecule has 0 saturated carbocycles. The molecule has 0 unspecified atom stereocenters. The standard InChI is InChI=1S/C14H17N3S/c15-12-3-5-13(6-4-12)16-7-9-17(10-8-16)14-2-1-11-18-14/h1-6,11H,7-10,15H2. The fraction of sp³-hybridized carbons (Fsp3) is 0.286. The second-order valence-corrected chi connectivity index (χ2v) is 5.44. The lowest BCUT2D eigenvalue weighted by Crippen LogP contribution is -2.46. The first kappa shape index (κ1) is 11.4. The lowest BCUT2D eigenvalue weighted by Gasteiger charge is -2.36. The summed E-state index contributed by atoms with van der Waals surface area (Å²) in [5, 5.41) is 3.52. The zero-order valence-corrected chi connectivity index (χ0v) is 11.1. The minimum atomic E-state index is 0.830. The Balaban J connectivity index is 1.65. The van der Waals surface area contributed by atoms with E-state index in [1.807, 2.05) is 23.5 Å². The van der Waals surface area contributed by atoms with Crippen LogP contribution in [0.1, 0.15) is 0 Å². The molecule has 2 aromatic rings. The monoisotopic (exact) mass is 259 g/mol. The van der Waals surface area contributed by atoms with Gasteiger partial charge in [-0.1, -0.05) is 0 Å². The Morgan fingerprint density at radius 3 is 2.17 bits per heavy atom. The first-order valence-corrected chi connectivity index (χ1v) is 7.10. The van der Waals surface area contributed by atoms with Crippen LogP contribution < -0.4 is 15.5 Å². The Morgan fingerprint density at radius 1 is 0.889 bits per heavy atom. The molecule has 0 atom stereocenters. The Hall–Kier alpha value is -1.68. The Labute approximate surface area is 111 Å². The van der Waals surface area contributed by atoms with Gasteiger partial charge in [0.25, 0.3) is 0 Å². The lowest BCUT2D eigenvalue weighted by atomic mass is 10.2. The van der Waals surface area contributed by atoms with Crippen LogP contribution in [0.15, 0.2) is 41.8 Å². The summed E-state index contributed by atoms with van der Waals surface area (Å²) in [6.07, 6.45) is 0. The van der Waals surface area contributed by atoms with Crippen molar-refractivity contribution in [3.05, 3.63) is 41.8 Å². The summed E-state index contributed by atoms with van der Waals surface area (Å²) in [5.41, 5.74) is 7.82. The van der Waals surface area contributed by atoms with Gasteiger partial charge in [0.1, 0.15) is 0 Å². The fourth-order valence-electron chi connectivity index (χ4n) is 2.32. The van der Waals surface area contributed by atoms with Crippen molar-refractivity contribution >= 4 is 27.7 Å². The number of rotatable bonds is 2. The number of nitrogens with two attached hydrogens (primary N) is 1. The largest absolute Gasteiger partial charge is 0.399 e. The van der Waals surface area contributed by atoms with Crippen molar-refractivity contribution in [2.75, 3.05) is 41.7 Å². The third kappa shape index (κ3) is 2.29. The lowest BCUT2D eigenvalue weighted by molar-refractivity contribution is 0.657. The maximum absolute atomic E-state index is 5.72. The number of nitrogen functional groups attached to an aromatic ring is 1. The topological polar surface area (TPSA) is 32.5 Å². The molecule has 1 fully saturated rings. The number of anilines is 3. The van der Waals surface area contributed by atoms with Crippen molar-refractivity contribution in [3.8, 4) is 0 Å². The molecule has 1 aromatic carbocycles. The van der Waals surface area contributed by atoms with Gasteiger partial charge in [-0.15, -0.1) is 11.3 Å². The van der Waals surface area contributed by atoms with Gasteiger partial charge in [0.2, 0.25) is 0 Å². The summed E-state index contributed by atoms with van der Waals surface area (Å²) >= 11 is 1.82. The first-order valence-electron chi connectivity index (χ1n) is 6.22. The van der Waals surface area contributed by atoms with Gasteiger partial charge >= 0.3 is 0 Å². The predicted octanol–water partition coefficient (Wildman–Crippen LogP) is 2.66. The molecule has 0 amide bonds. The van der Waals surface area contributed by atoms with Crippen molar-refractivity contribution in [1.29, 1.82) is 0 Å². The van der Waals surface area contributed by atoms with Crippen molar-refractivity contribution in [3.63, 3.8) is 0 Å². The van der Waals surface area contributed by atoms with Crippen molar-refractivity contribution < 1.29 is 0 Å². The van der Waals surface area contributed by atoms with Crippen molar-refractivity contribution in [2.45, 2.75) is 0 Å². The van der Waals surface area contributed by atoms with Crippen LogP contribution in [0.2, 0.25) is 0 Å². The number of hydrogen-bond donors (Lipinski definition) is 1. The molecule has 1 aromatic heterocycles. The molecule has 3 nitrogen and oxygen atoms in total. The van der Waals surface area contributed by atoms with Gasteiger partial charge < -0.3 is 15.5 Å². The van der Waals surface area contributed by atoms with Gasteiger partial charge in [-0.2, -0.15) is 0 Å². The van der Waals surface area contributed by atoms with Gasteiger partial charge in [-0.25, -0.2) is 0 Å². The zero-order valence-electron chi connectivity index (χ0n) is 10.2. The van der Waals surface area contributed by atoms with E-state index in [9.17, 15) is 0 Å². The molecular weight excluding hydrogens is 242 g/mol. The van der Waals surface area contributed by atoms with Gasteiger partial charge in [-0.05, 0) is 41.8 Å². The molecule has 1 aliphatic heterocycles. The van der Waals surface area contributed by atoms with E-state index in [2.05, 4.69) is 39.4 Å². The van der Waals surface area contributed by atoms with Crippen molar-refractivity contribution in [1.82, 2.24) is 0 Å². The highest BCUT2D eigenvalue weighted by Gasteiger charge is 2.17. The fourth-order valence-corrected chi connectivity index (χ4v) is 3.11. The molecular formula is C14H17N3S. The van der Waals surface area contributed by atoms with Gasteiger partial charge in [0.15, 0.2) is 0 Å².